The van der Waals surface area contributed by atoms with E-state index in [1.807, 2.05) is 19.1 Å². The molecule has 2 aliphatic rings. The van der Waals surface area contributed by atoms with Gasteiger partial charge in [0.1, 0.15) is 6.10 Å². The predicted octanol–water partition coefficient (Wildman–Crippen LogP) is 0.913. The summed E-state index contributed by atoms with van der Waals surface area (Å²) in [6, 6.07) is 0. The predicted molar refractivity (Wildman–Crippen MR) is 51.8 cm³/mol. The molecule has 4 atom stereocenters. The Kier molecular flexibility index (Phi) is 2.50. The van der Waals surface area contributed by atoms with Gasteiger partial charge in [0.2, 0.25) is 0 Å². The van der Waals surface area contributed by atoms with Crippen LogP contribution in [0.2, 0.25) is 0 Å². The number of carbonyl (C=O) groups is 2. The molecule has 4 nitrogen and oxygen atoms in total. The smallest absolute Gasteiger partial charge is 0.312 e. The summed E-state index contributed by atoms with van der Waals surface area (Å²) < 4.78 is 9.83. The number of cyclic esters (lactones) is 1. The Hall–Kier alpha value is -1.32. The highest BCUT2D eigenvalue weighted by Gasteiger charge is 2.44. The van der Waals surface area contributed by atoms with E-state index in [0.29, 0.717) is 6.42 Å². The van der Waals surface area contributed by atoms with Gasteiger partial charge < -0.3 is 9.47 Å². The molecule has 0 saturated carbocycles. The lowest BCUT2D eigenvalue weighted by molar-refractivity contribution is -0.162. The molecule has 0 spiro atoms. The molecule has 0 N–H and O–H groups in total. The first kappa shape index (κ1) is 10.2. The minimum Gasteiger partial charge on any atom is -0.469 e. The van der Waals surface area contributed by atoms with E-state index in [9.17, 15) is 9.59 Å². The maximum Gasteiger partial charge on any atom is 0.312 e. The van der Waals surface area contributed by atoms with E-state index in [1.54, 1.807) is 0 Å². The summed E-state index contributed by atoms with van der Waals surface area (Å²) in [6.45, 7) is 1.86. The fourth-order valence-corrected chi connectivity index (χ4v) is 2.46. The van der Waals surface area contributed by atoms with Gasteiger partial charge in [-0.15, -0.1) is 0 Å². The van der Waals surface area contributed by atoms with Crippen LogP contribution >= 0.6 is 0 Å². The molecule has 1 saturated heterocycles. The highest BCUT2D eigenvalue weighted by molar-refractivity contribution is 5.78. The number of carbonyl (C=O) groups excluding carboxylic acids is 2. The third kappa shape index (κ3) is 1.64. The Balaban J connectivity index is 2.17. The van der Waals surface area contributed by atoms with Crippen molar-refractivity contribution in [2.24, 2.45) is 17.8 Å². The fourth-order valence-electron chi connectivity index (χ4n) is 2.46. The number of fused-ring (bicyclic) bond motifs is 1. The highest BCUT2D eigenvalue weighted by Crippen LogP contribution is 2.40. The van der Waals surface area contributed by atoms with E-state index < -0.39 is 0 Å². The van der Waals surface area contributed by atoms with Crippen LogP contribution in [0.3, 0.4) is 0 Å². The Labute approximate surface area is 88.2 Å². The lowest BCUT2D eigenvalue weighted by Crippen LogP contribution is -2.38. The number of hydrogen-bond acceptors (Lipinski definition) is 4. The van der Waals surface area contributed by atoms with Crippen molar-refractivity contribution < 1.29 is 19.1 Å². The molecule has 0 bridgehead atoms. The molecule has 0 aromatic carbocycles. The summed E-state index contributed by atoms with van der Waals surface area (Å²) in [6.07, 6.45) is 3.97. The topological polar surface area (TPSA) is 52.6 Å². The van der Waals surface area contributed by atoms with E-state index in [2.05, 4.69) is 0 Å². The quantitative estimate of drug-likeness (QED) is 0.477. The van der Waals surface area contributed by atoms with Crippen LogP contribution in [0, 0.1) is 17.8 Å². The van der Waals surface area contributed by atoms with Gasteiger partial charge >= 0.3 is 11.9 Å². The zero-order valence-corrected chi connectivity index (χ0v) is 8.80. The van der Waals surface area contributed by atoms with Crippen LogP contribution in [-0.2, 0) is 19.1 Å². The van der Waals surface area contributed by atoms with Crippen LogP contribution in [0.1, 0.15) is 13.3 Å². The largest absolute Gasteiger partial charge is 0.469 e. The average molecular weight is 210 g/mol. The second kappa shape index (κ2) is 3.68. The summed E-state index contributed by atoms with van der Waals surface area (Å²) >= 11 is 0. The van der Waals surface area contributed by atoms with Gasteiger partial charge in [0.05, 0.1) is 19.4 Å². The molecule has 4 heteroatoms. The molecule has 2 rings (SSSR count). The van der Waals surface area contributed by atoms with Crippen LogP contribution < -0.4 is 0 Å². The number of esters is 2. The van der Waals surface area contributed by atoms with Crippen molar-refractivity contribution in [2.75, 3.05) is 7.11 Å². The Morgan fingerprint density at radius 3 is 2.93 bits per heavy atom. The summed E-state index contributed by atoms with van der Waals surface area (Å²) in [5, 5.41) is 0. The first-order chi connectivity index (χ1) is 7.13. The van der Waals surface area contributed by atoms with E-state index in [-0.39, 0.29) is 35.8 Å². The van der Waals surface area contributed by atoms with Gasteiger partial charge in [0, 0.05) is 5.92 Å². The van der Waals surface area contributed by atoms with Crippen LogP contribution in [0.4, 0.5) is 0 Å². The molecular weight excluding hydrogens is 196 g/mol. The maximum absolute atomic E-state index is 11.5. The first-order valence-electron chi connectivity index (χ1n) is 5.09. The van der Waals surface area contributed by atoms with Crippen molar-refractivity contribution in [1.82, 2.24) is 0 Å². The summed E-state index contributed by atoms with van der Waals surface area (Å²) in [7, 11) is 1.37. The third-order valence-corrected chi connectivity index (χ3v) is 3.23. The van der Waals surface area contributed by atoms with Crippen molar-refractivity contribution >= 4 is 11.9 Å². The highest BCUT2D eigenvalue weighted by atomic mass is 16.5. The number of methoxy groups -OCH3 is 1. The average Bonchev–Trinajstić information content (AvgIpc) is 2.60. The van der Waals surface area contributed by atoms with Gasteiger partial charge in [-0.1, -0.05) is 12.2 Å². The summed E-state index contributed by atoms with van der Waals surface area (Å²) in [5.74, 6) is -0.585. The van der Waals surface area contributed by atoms with Crippen molar-refractivity contribution in [1.29, 1.82) is 0 Å². The van der Waals surface area contributed by atoms with Gasteiger partial charge in [-0.25, -0.2) is 0 Å². The van der Waals surface area contributed by atoms with Crippen LogP contribution in [0.25, 0.3) is 0 Å². The molecule has 82 valence electrons. The number of hydrogen-bond donors (Lipinski definition) is 0. The third-order valence-electron chi connectivity index (χ3n) is 3.23. The minimum atomic E-state index is -0.282. The fraction of sp³-hybridized carbons (Fsp3) is 0.636. The molecule has 0 radical (unpaired) electrons. The van der Waals surface area contributed by atoms with Crippen molar-refractivity contribution in [3.63, 3.8) is 0 Å². The van der Waals surface area contributed by atoms with E-state index in [1.165, 1.54) is 7.11 Å². The summed E-state index contributed by atoms with van der Waals surface area (Å²) in [4.78, 5) is 22.7. The molecule has 1 aliphatic carbocycles. The Morgan fingerprint density at radius 2 is 2.27 bits per heavy atom. The second-order valence-corrected chi connectivity index (χ2v) is 4.07. The number of ether oxygens (including phenoxy) is 2. The lowest BCUT2D eigenvalue weighted by Gasteiger charge is -2.32. The zero-order chi connectivity index (χ0) is 11.0. The Morgan fingerprint density at radius 1 is 1.53 bits per heavy atom. The molecule has 1 fully saturated rings. The van der Waals surface area contributed by atoms with Crippen molar-refractivity contribution in [3.8, 4) is 0 Å². The van der Waals surface area contributed by atoms with E-state index in [0.717, 1.165) is 0 Å². The molecule has 15 heavy (non-hydrogen) atoms. The molecule has 1 aliphatic heterocycles. The minimum absolute atomic E-state index is 0.0219. The number of rotatable bonds is 1. The molecular formula is C11H14O4. The van der Waals surface area contributed by atoms with Gasteiger partial charge in [-0.05, 0) is 12.8 Å². The molecule has 0 amide bonds. The maximum atomic E-state index is 11.5. The summed E-state index contributed by atoms with van der Waals surface area (Å²) in [5.41, 5.74) is 0. The lowest BCUT2D eigenvalue weighted by atomic mass is 9.81. The van der Waals surface area contributed by atoms with Crippen LogP contribution in [0.5, 0.6) is 0 Å². The van der Waals surface area contributed by atoms with Gasteiger partial charge in [0.25, 0.3) is 0 Å². The van der Waals surface area contributed by atoms with E-state index in [4.69, 9.17) is 9.47 Å². The Bertz CT molecular complexity index is 321. The standard InChI is InChI=1S/C11H14O4/c1-6-7-3-4-8(11(13)14-2)9(7)5-10(12)15-6/h3-4,6-9H,5H2,1-2H3/t6-,7+,8-,9-/m0/s1. The molecule has 0 aromatic heterocycles. The second-order valence-electron chi connectivity index (χ2n) is 4.07. The monoisotopic (exact) mass is 210 g/mol. The van der Waals surface area contributed by atoms with Crippen LogP contribution in [-0.4, -0.2) is 25.2 Å². The van der Waals surface area contributed by atoms with Gasteiger partial charge in [-0.3, -0.25) is 9.59 Å². The molecule has 1 heterocycles. The molecule has 0 unspecified atom stereocenters. The van der Waals surface area contributed by atoms with E-state index >= 15 is 0 Å². The first-order valence-corrected chi connectivity index (χ1v) is 5.09. The van der Waals surface area contributed by atoms with Crippen molar-refractivity contribution in [3.05, 3.63) is 12.2 Å². The van der Waals surface area contributed by atoms with Crippen molar-refractivity contribution in [2.45, 2.75) is 19.4 Å². The molecule has 0 aromatic rings. The zero-order valence-electron chi connectivity index (χ0n) is 8.80. The normalized spacial score (nSPS) is 38.4. The van der Waals surface area contributed by atoms with Crippen LogP contribution in [0.15, 0.2) is 12.2 Å². The van der Waals surface area contributed by atoms with Gasteiger partial charge in [0.15, 0.2) is 0 Å². The van der Waals surface area contributed by atoms with Gasteiger partial charge in [-0.2, -0.15) is 0 Å². The SMILES string of the molecule is COC(=O)[C@H]1C=C[C@H]2[C@@H]1CC(=O)O[C@H]2C.